The van der Waals surface area contributed by atoms with Crippen molar-refractivity contribution in [2.45, 2.75) is 94.4 Å². The van der Waals surface area contributed by atoms with E-state index in [0.717, 1.165) is 42.0 Å². The second-order valence-electron chi connectivity index (χ2n) is 7.20. The van der Waals surface area contributed by atoms with Gasteiger partial charge in [-0.3, -0.25) is 9.97 Å². The average Bonchev–Trinajstić information content (AvgIpc) is 2.76. The van der Waals surface area contributed by atoms with Crippen molar-refractivity contribution >= 4 is 5.57 Å². The molecule has 0 aliphatic heterocycles. The van der Waals surface area contributed by atoms with Crippen LogP contribution in [0, 0.1) is 6.92 Å². The smallest absolute Gasteiger partial charge is 0.0755 e. The van der Waals surface area contributed by atoms with Gasteiger partial charge in [0, 0.05) is 29.3 Å². The first kappa shape index (κ1) is 28.0. The van der Waals surface area contributed by atoms with Crippen molar-refractivity contribution < 1.29 is 5.11 Å². The quantitative estimate of drug-likeness (QED) is 0.533. The van der Waals surface area contributed by atoms with Crippen LogP contribution in [0.4, 0.5) is 0 Å². The summed E-state index contributed by atoms with van der Waals surface area (Å²) in [6.07, 6.45) is 5.15. The lowest BCUT2D eigenvalue weighted by Gasteiger charge is -2.17. The van der Waals surface area contributed by atoms with Crippen LogP contribution in [0.15, 0.2) is 24.3 Å². The van der Waals surface area contributed by atoms with Gasteiger partial charge in [-0.25, -0.2) is 0 Å². The number of aliphatic hydroxyl groups excluding tert-OH is 1. The van der Waals surface area contributed by atoms with E-state index in [4.69, 9.17) is 15.1 Å². The Labute approximate surface area is 185 Å². The molecule has 0 aliphatic carbocycles. The number of hydrogen-bond acceptors (Lipinski definition) is 3. The van der Waals surface area contributed by atoms with Crippen molar-refractivity contribution in [3.63, 3.8) is 0 Å². The van der Waals surface area contributed by atoms with Crippen molar-refractivity contribution in [2.24, 2.45) is 0 Å². The minimum absolute atomic E-state index is 0.250. The molecule has 0 amide bonds. The number of hydrogen-bond donors (Lipinski definition) is 1. The lowest BCUT2D eigenvalue weighted by Crippen LogP contribution is -2.04. The molecule has 0 spiro atoms. The van der Waals surface area contributed by atoms with Gasteiger partial charge < -0.3 is 5.11 Å². The molecule has 0 aromatic carbocycles. The highest BCUT2D eigenvalue weighted by molar-refractivity contribution is 5.73. The molecular formula is C27H44N2O. The number of nitrogens with zero attached hydrogens (tertiary/aromatic N) is 2. The van der Waals surface area contributed by atoms with Crippen LogP contribution >= 0.6 is 0 Å². The van der Waals surface area contributed by atoms with Gasteiger partial charge >= 0.3 is 0 Å². The van der Waals surface area contributed by atoms with E-state index in [9.17, 15) is 0 Å². The van der Waals surface area contributed by atoms with Crippen LogP contribution in [0.1, 0.15) is 103 Å². The molecule has 2 aromatic rings. The van der Waals surface area contributed by atoms with Crippen molar-refractivity contribution in [1.29, 1.82) is 0 Å². The number of aryl methyl sites for hydroxylation is 3. The van der Waals surface area contributed by atoms with E-state index in [-0.39, 0.29) is 6.61 Å². The Hall–Kier alpha value is -2.00. The maximum Gasteiger partial charge on any atom is 0.0755 e. The second kappa shape index (κ2) is 14.9. The van der Waals surface area contributed by atoms with Crippen LogP contribution in [-0.4, -0.2) is 21.7 Å². The summed E-state index contributed by atoms with van der Waals surface area (Å²) in [5.74, 6) is 0.448. The first-order valence-corrected chi connectivity index (χ1v) is 11.6. The third-order valence-electron chi connectivity index (χ3n) is 4.93. The van der Waals surface area contributed by atoms with Gasteiger partial charge in [0.05, 0.1) is 5.69 Å². The van der Waals surface area contributed by atoms with Gasteiger partial charge in [0.1, 0.15) is 0 Å². The minimum Gasteiger partial charge on any atom is -0.397 e. The van der Waals surface area contributed by atoms with Crippen LogP contribution in [0.3, 0.4) is 0 Å². The van der Waals surface area contributed by atoms with Gasteiger partial charge in [0.2, 0.25) is 0 Å². The first-order chi connectivity index (χ1) is 14.4. The summed E-state index contributed by atoms with van der Waals surface area (Å²) >= 11 is 0. The molecule has 30 heavy (non-hydrogen) atoms. The van der Waals surface area contributed by atoms with Gasteiger partial charge in [-0.15, -0.1) is 0 Å². The van der Waals surface area contributed by atoms with E-state index >= 15 is 0 Å². The summed E-state index contributed by atoms with van der Waals surface area (Å²) in [6, 6.07) is 6.72. The summed E-state index contributed by atoms with van der Waals surface area (Å²) in [5.41, 5.74) is 9.69. The monoisotopic (exact) mass is 412 g/mol. The molecule has 168 valence electrons. The van der Waals surface area contributed by atoms with E-state index in [0.29, 0.717) is 5.92 Å². The lowest BCUT2D eigenvalue weighted by molar-refractivity contribution is 0.318. The molecule has 2 heterocycles. The molecule has 0 aliphatic rings. The molecule has 0 fully saturated rings. The fourth-order valence-electron chi connectivity index (χ4n) is 3.35. The predicted octanol–water partition coefficient (Wildman–Crippen LogP) is 7.54. The van der Waals surface area contributed by atoms with Crippen LogP contribution in [0.2, 0.25) is 0 Å². The maximum atomic E-state index is 7.57. The molecule has 1 N–H and O–H groups in total. The Kier molecular flexibility index (Phi) is 13.9. The van der Waals surface area contributed by atoms with Crippen molar-refractivity contribution in [2.75, 3.05) is 6.61 Å². The third-order valence-corrected chi connectivity index (χ3v) is 4.93. The van der Waals surface area contributed by atoms with E-state index in [1.165, 1.54) is 22.3 Å². The highest BCUT2D eigenvalue weighted by Gasteiger charge is 2.16. The number of aromatic nitrogens is 2. The molecule has 0 radical (unpaired) electrons. The molecule has 0 bridgehead atoms. The molecule has 2 aromatic heterocycles. The molecule has 0 saturated heterocycles. The molecule has 0 saturated carbocycles. The third kappa shape index (κ3) is 7.36. The summed E-state index contributed by atoms with van der Waals surface area (Å²) < 4.78 is 0. The summed E-state index contributed by atoms with van der Waals surface area (Å²) in [5, 5.41) is 7.57. The fourth-order valence-corrected chi connectivity index (χ4v) is 3.35. The molecule has 0 atom stereocenters. The number of allylic oxidation sites excluding steroid dienone is 2. The molecule has 0 unspecified atom stereocenters. The van der Waals surface area contributed by atoms with Crippen LogP contribution < -0.4 is 0 Å². The minimum atomic E-state index is 0.250. The van der Waals surface area contributed by atoms with Crippen LogP contribution in [0.5, 0.6) is 0 Å². The Morgan fingerprint density at radius 1 is 1.03 bits per heavy atom. The first-order valence-electron chi connectivity index (χ1n) is 11.6. The Morgan fingerprint density at radius 2 is 1.63 bits per heavy atom. The van der Waals surface area contributed by atoms with Crippen molar-refractivity contribution in [1.82, 2.24) is 9.97 Å². The molecule has 2 rings (SSSR count). The standard InChI is InChI=1S/C23H32N2.C2H6O.C2H6/c1-8-17(9-2)20-14-18(10-3)23(24-16(20)7)19-12-13-22(15(5)6)25-21(19)11-4;1-2-3;1-2/h8,12-15H,9-11H2,1-7H3;3H,2H2,1H3;1-2H3/b17-8-;;. The van der Waals surface area contributed by atoms with Crippen molar-refractivity contribution in [3.05, 3.63) is 52.5 Å². The zero-order chi connectivity index (χ0) is 23.3. The second-order valence-corrected chi connectivity index (χ2v) is 7.20. The van der Waals surface area contributed by atoms with Gasteiger partial charge in [-0.2, -0.15) is 0 Å². The van der Waals surface area contributed by atoms with Gasteiger partial charge in [0.15, 0.2) is 0 Å². The predicted molar refractivity (Wildman–Crippen MR) is 133 cm³/mol. The van der Waals surface area contributed by atoms with Gasteiger partial charge in [-0.1, -0.05) is 54.5 Å². The van der Waals surface area contributed by atoms with Crippen LogP contribution in [0.25, 0.3) is 16.8 Å². The molecule has 3 heteroatoms. The molecular weight excluding hydrogens is 368 g/mol. The molecule has 3 nitrogen and oxygen atoms in total. The highest BCUT2D eigenvalue weighted by atomic mass is 16.2. The van der Waals surface area contributed by atoms with Crippen LogP contribution in [-0.2, 0) is 12.8 Å². The SMILES string of the molecule is C/C=C(/CC)c1cc(CC)c(-c2ccc(C(C)C)nc2CC)nc1C.CC.CCO. The highest BCUT2D eigenvalue weighted by Crippen LogP contribution is 2.31. The summed E-state index contributed by atoms with van der Waals surface area (Å²) in [4.78, 5) is 9.94. The zero-order valence-electron chi connectivity index (χ0n) is 21.1. The van der Waals surface area contributed by atoms with E-state index in [1.807, 2.05) is 13.8 Å². The van der Waals surface area contributed by atoms with E-state index in [2.05, 4.69) is 72.7 Å². The Balaban J connectivity index is 0.00000154. The van der Waals surface area contributed by atoms with E-state index < -0.39 is 0 Å². The summed E-state index contributed by atoms with van der Waals surface area (Å²) in [6.45, 7) is 21.2. The normalized spacial score (nSPS) is 10.9. The maximum absolute atomic E-state index is 7.57. The topological polar surface area (TPSA) is 46.0 Å². The van der Waals surface area contributed by atoms with Gasteiger partial charge in [-0.05, 0) is 80.9 Å². The van der Waals surface area contributed by atoms with E-state index in [1.54, 1.807) is 6.92 Å². The van der Waals surface area contributed by atoms with Gasteiger partial charge in [0.25, 0.3) is 0 Å². The summed E-state index contributed by atoms with van der Waals surface area (Å²) in [7, 11) is 0. The largest absolute Gasteiger partial charge is 0.397 e. The fraction of sp³-hybridized carbons (Fsp3) is 0.556. The zero-order valence-corrected chi connectivity index (χ0v) is 21.1. The van der Waals surface area contributed by atoms with Crippen molar-refractivity contribution in [3.8, 4) is 11.3 Å². The average molecular weight is 413 g/mol. The Morgan fingerprint density at radius 3 is 2.07 bits per heavy atom. The number of rotatable bonds is 6. The lowest BCUT2D eigenvalue weighted by atomic mass is 9.94. The number of aliphatic hydroxyl groups is 1. The number of pyridine rings is 2. The Bertz CT molecular complexity index is 792.